The van der Waals surface area contributed by atoms with Gasteiger partial charge in [0.2, 0.25) is 0 Å². The molecule has 5 heteroatoms. The number of nitrogens with zero attached hydrogens (tertiary/aromatic N) is 1. The van der Waals surface area contributed by atoms with E-state index in [9.17, 15) is 4.79 Å². The lowest BCUT2D eigenvalue weighted by molar-refractivity contribution is 0.184. The van der Waals surface area contributed by atoms with Crippen molar-refractivity contribution in [3.05, 3.63) is 76.4 Å². The van der Waals surface area contributed by atoms with Crippen LogP contribution in [-0.4, -0.2) is 10.9 Å². The molecule has 1 N–H and O–H groups in total. The molecule has 0 radical (unpaired) electrons. The number of amides is 2. The van der Waals surface area contributed by atoms with E-state index in [4.69, 9.17) is 4.42 Å². The van der Waals surface area contributed by atoms with Gasteiger partial charge in [-0.25, -0.2) is 4.79 Å². The minimum Gasteiger partial charge on any atom is -0.467 e. The first-order chi connectivity index (χ1) is 12.2. The average Bonchev–Trinajstić information content (AvgIpc) is 3.33. The highest BCUT2D eigenvalue weighted by atomic mass is 32.1. The number of nitrogens with one attached hydrogen (secondary N) is 1. The molecule has 0 aliphatic heterocycles. The number of rotatable bonds is 6. The van der Waals surface area contributed by atoms with Crippen LogP contribution in [0.2, 0.25) is 0 Å². The van der Waals surface area contributed by atoms with Crippen molar-refractivity contribution >= 4 is 23.1 Å². The lowest BCUT2D eigenvalue weighted by atomic mass is 10.1. The summed E-state index contributed by atoms with van der Waals surface area (Å²) in [5.41, 5.74) is 2.04. The summed E-state index contributed by atoms with van der Waals surface area (Å²) in [5.74, 6) is 0.764. The van der Waals surface area contributed by atoms with Gasteiger partial charge in [-0.2, -0.15) is 0 Å². The number of anilines is 1. The van der Waals surface area contributed by atoms with Gasteiger partial charge < -0.3 is 14.6 Å². The van der Waals surface area contributed by atoms with E-state index >= 15 is 0 Å². The normalized spacial score (nSPS) is 11.9. The largest absolute Gasteiger partial charge is 0.467 e. The Morgan fingerprint density at radius 3 is 2.60 bits per heavy atom. The minimum atomic E-state index is -0.137. The molecule has 25 heavy (non-hydrogen) atoms. The van der Waals surface area contributed by atoms with Crippen molar-refractivity contribution in [1.82, 2.24) is 4.90 Å². The summed E-state index contributed by atoms with van der Waals surface area (Å²) < 4.78 is 5.44. The highest BCUT2D eigenvalue weighted by molar-refractivity contribution is 7.10. The molecule has 0 saturated carbocycles. The fraction of sp³-hybridized carbons (Fsp3) is 0.250. The van der Waals surface area contributed by atoms with E-state index in [-0.39, 0.29) is 12.1 Å². The Morgan fingerprint density at radius 1 is 1.20 bits per heavy atom. The fourth-order valence-electron chi connectivity index (χ4n) is 2.66. The molecule has 0 fully saturated rings. The van der Waals surface area contributed by atoms with Crippen LogP contribution < -0.4 is 5.32 Å². The van der Waals surface area contributed by atoms with E-state index < -0.39 is 0 Å². The number of urea groups is 1. The molecule has 0 aliphatic carbocycles. The van der Waals surface area contributed by atoms with Crippen LogP contribution in [0.5, 0.6) is 0 Å². The fourth-order valence-corrected chi connectivity index (χ4v) is 3.45. The predicted octanol–water partition coefficient (Wildman–Crippen LogP) is 5.70. The number of hydrogen-bond donors (Lipinski definition) is 1. The van der Waals surface area contributed by atoms with Gasteiger partial charge in [0, 0.05) is 10.6 Å². The highest BCUT2D eigenvalue weighted by Crippen LogP contribution is 2.27. The number of benzene rings is 1. The average molecular weight is 354 g/mol. The number of furan rings is 1. The molecule has 2 amide bonds. The summed E-state index contributed by atoms with van der Waals surface area (Å²) in [7, 11) is 0. The first-order valence-corrected chi connectivity index (χ1v) is 9.27. The second-order valence-corrected chi connectivity index (χ2v) is 6.86. The van der Waals surface area contributed by atoms with Crippen molar-refractivity contribution in [3.63, 3.8) is 0 Å². The summed E-state index contributed by atoms with van der Waals surface area (Å²) in [5, 5.41) is 5.02. The third-order valence-electron chi connectivity index (χ3n) is 4.20. The maximum absolute atomic E-state index is 12.9. The summed E-state index contributed by atoms with van der Waals surface area (Å²) >= 11 is 1.65. The SMILES string of the molecule is CCc1ccc(NC(=O)N(Cc2ccco2)[C@@H](C)c2cccs2)cc1. The molecule has 0 saturated heterocycles. The van der Waals surface area contributed by atoms with Crippen LogP contribution in [0.25, 0.3) is 0 Å². The zero-order chi connectivity index (χ0) is 17.6. The zero-order valence-corrected chi connectivity index (χ0v) is 15.3. The Balaban J connectivity index is 1.78. The number of carbonyl (C=O) groups is 1. The molecule has 0 spiro atoms. The van der Waals surface area contributed by atoms with Gasteiger partial charge in [0.1, 0.15) is 5.76 Å². The molecule has 0 aliphatic rings. The van der Waals surface area contributed by atoms with Gasteiger partial charge >= 0.3 is 6.03 Å². The van der Waals surface area contributed by atoms with Gasteiger partial charge in [-0.05, 0) is 54.6 Å². The summed E-state index contributed by atoms with van der Waals surface area (Å²) in [4.78, 5) is 15.8. The highest BCUT2D eigenvalue weighted by Gasteiger charge is 2.23. The lowest BCUT2D eigenvalue weighted by Gasteiger charge is -2.28. The van der Waals surface area contributed by atoms with Gasteiger partial charge in [-0.15, -0.1) is 11.3 Å². The second-order valence-electron chi connectivity index (χ2n) is 5.88. The predicted molar refractivity (Wildman–Crippen MR) is 102 cm³/mol. The number of hydrogen-bond acceptors (Lipinski definition) is 3. The van der Waals surface area contributed by atoms with Crippen molar-refractivity contribution in [2.75, 3.05) is 5.32 Å². The molecular weight excluding hydrogens is 332 g/mol. The van der Waals surface area contributed by atoms with Gasteiger partial charge in [-0.1, -0.05) is 25.1 Å². The van der Waals surface area contributed by atoms with Crippen LogP contribution in [0, 0.1) is 0 Å². The molecule has 130 valence electrons. The van der Waals surface area contributed by atoms with E-state index in [1.165, 1.54) is 5.56 Å². The van der Waals surface area contributed by atoms with Crippen LogP contribution >= 0.6 is 11.3 Å². The molecule has 0 unspecified atom stereocenters. The molecule has 0 bridgehead atoms. The number of carbonyl (C=O) groups excluding carboxylic acids is 1. The van der Waals surface area contributed by atoms with Crippen LogP contribution in [-0.2, 0) is 13.0 Å². The van der Waals surface area contributed by atoms with Crippen LogP contribution in [0.4, 0.5) is 10.5 Å². The van der Waals surface area contributed by atoms with Gasteiger partial charge in [0.15, 0.2) is 0 Å². The van der Waals surface area contributed by atoms with E-state index in [0.717, 1.165) is 22.7 Å². The first-order valence-electron chi connectivity index (χ1n) is 8.39. The van der Waals surface area contributed by atoms with Crippen molar-refractivity contribution in [2.45, 2.75) is 32.9 Å². The molecule has 2 heterocycles. The van der Waals surface area contributed by atoms with Crippen LogP contribution in [0.3, 0.4) is 0 Å². The number of thiophene rings is 1. The smallest absolute Gasteiger partial charge is 0.322 e. The van der Waals surface area contributed by atoms with Crippen molar-refractivity contribution in [3.8, 4) is 0 Å². The topological polar surface area (TPSA) is 45.5 Å². The summed E-state index contributed by atoms with van der Waals surface area (Å²) in [6, 6.07) is 15.6. The van der Waals surface area contributed by atoms with Gasteiger partial charge in [0.05, 0.1) is 18.8 Å². The molecule has 1 atom stereocenters. The van der Waals surface area contributed by atoms with Crippen molar-refractivity contribution in [1.29, 1.82) is 0 Å². The van der Waals surface area contributed by atoms with Gasteiger partial charge in [0.25, 0.3) is 0 Å². The van der Waals surface area contributed by atoms with E-state index in [0.29, 0.717) is 6.54 Å². The van der Waals surface area contributed by atoms with Crippen LogP contribution in [0.15, 0.2) is 64.6 Å². The molecular formula is C20H22N2O2S. The Labute approximate surface area is 152 Å². The summed E-state index contributed by atoms with van der Waals surface area (Å²) in [6.45, 7) is 4.57. The first kappa shape index (κ1) is 17.3. The quantitative estimate of drug-likeness (QED) is 0.617. The molecule has 3 aromatic rings. The Hall–Kier alpha value is -2.53. The Kier molecular flexibility index (Phi) is 5.56. The third kappa shape index (κ3) is 4.31. The lowest BCUT2D eigenvalue weighted by Crippen LogP contribution is -2.36. The number of aryl methyl sites for hydroxylation is 1. The molecule has 2 aromatic heterocycles. The Morgan fingerprint density at radius 2 is 2.00 bits per heavy atom. The van der Waals surface area contributed by atoms with Crippen molar-refractivity contribution < 1.29 is 9.21 Å². The van der Waals surface area contributed by atoms with E-state index in [1.54, 1.807) is 22.5 Å². The maximum Gasteiger partial charge on any atom is 0.322 e. The Bertz CT molecular complexity index is 780. The van der Waals surface area contributed by atoms with E-state index in [2.05, 4.69) is 12.2 Å². The van der Waals surface area contributed by atoms with E-state index in [1.807, 2.05) is 60.8 Å². The standard InChI is InChI=1S/C20H22N2O2S/c1-3-16-8-10-17(11-9-16)21-20(23)22(14-18-6-4-12-24-18)15(2)19-7-5-13-25-19/h4-13,15H,3,14H2,1-2H3,(H,21,23)/t15-/m0/s1. The van der Waals surface area contributed by atoms with Crippen molar-refractivity contribution in [2.24, 2.45) is 0 Å². The zero-order valence-electron chi connectivity index (χ0n) is 14.4. The minimum absolute atomic E-state index is 0.0417. The molecule has 3 rings (SSSR count). The summed E-state index contributed by atoms with van der Waals surface area (Å²) in [6.07, 6.45) is 2.61. The monoisotopic (exact) mass is 354 g/mol. The molecule has 4 nitrogen and oxygen atoms in total. The third-order valence-corrected chi connectivity index (χ3v) is 5.25. The maximum atomic E-state index is 12.9. The molecule has 1 aromatic carbocycles. The van der Waals surface area contributed by atoms with Crippen LogP contribution in [0.1, 0.15) is 36.1 Å². The van der Waals surface area contributed by atoms with Gasteiger partial charge in [-0.3, -0.25) is 0 Å². The second kappa shape index (κ2) is 8.03.